The molecule has 10 nitrogen and oxygen atoms in total. The van der Waals surface area contributed by atoms with Gasteiger partial charge < -0.3 is 31.5 Å². The fraction of sp³-hybridized carbons (Fsp3) is 0.174. The van der Waals surface area contributed by atoms with Crippen LogP contribution >= 0.6 is 11.6 Å². The largest absolute Gasteiger partial charge is 0.416 e. The van der Waals surface area contributed by atoms with Crippen LogP contribution in [0.2, 0.25) is 5.15 Å². The zero-order valence-electron chi connectivity index (χ0n) is 19.1. The number of amides is 1. The minimum Gasteiger partial charge on any atom is -0.382 e. The van der Waals surface area contributed by atoms with Gasteiger partial charge in [0.05, 0.1) is 11.8 Å². The van der Waals surface area contributed by atoms with Crippen LogP contribution in [0.25, 0.3) is 16.8 Å². The first-order chi connectivity index (χ1) is 17.6. The number of nitrogen functional groups attached to an aromatic ring is 1. The highest BCUT2D eigenvalue weighted by molar-refractivity contribution is 6.30. The topological polar surface area (TPSA) is 166 Å². The van der Waals surface area contributed by atoms with Crippen molar-refractivity contribution < 1.29 is 42.8 Å². The van der Waals surface area contributed by atoms with Gasteiger partial charge in [0.15, 0.2) is 6.10 Å². The molecule has 1 atom stereocenters. The van der Waals surface area contributed by atoms with Crippen molar-refractivity contribution in [3.63, 3.8) is 0 Å². The van der Waals surface area contributed by atoms with E-state index in [1.54, 1.807) is 6.92 Å². The normalized spacial score (nSPS) is 13.1. The highest BCUT2D eigenvalue weighted by Crippen LogP contribution is 2.36. The van der Waals surface area contributed by atoms with Crippen LogP contribution in [0.4, 0.5) is 29.1 Å². The van der Waals surface area contributed by atoms with E-state index in [0.717, 1.165) is 10.6 Å². The van der Waals surface area contributed by atoms with Crippen molar-refractivity contribution in [3.05, 3.63) is 76.1 Å². The predicted molar refractivity (Wildman–Crippen MR) is 126 cm³/mol. The molecule has 0 radical (unpaired) electrons. The number of carbonyl (C=O) groups is 1. The van der Waals surface area contributed by atoms with Crippen LogP contribution in [0.3, 0.4) is 0 Å². The van der Waals surface area contributed by atoms with E-state index in [-0.39, 0.29) is 33.9 Å². The molecule has 4 rings (SSSR count). The van der Waals surface area contributed by atoms with Crippen LogP contribution in [-0.2, 0) is 16.9 Å². The third kappa shape index (κ3) is 5.12. The van der Waals surface area contributed by atoms with Gasteiger partial charge in [-0.2, -0.15) is 13.2 Å². The van der Waals surface area contributed by atoms with Gasteiger partial charge in [-0.3, -0.25) is 9.20 Å². The zero-order chi connectivity index (χ0) is 28.2. The number of anilines is 2. The zero-order valence-corrected chi connectivity index (χ0v) is 19.9. The van der Waals surface area contributed by atoms with Crippen molar-refractivity contribution in [2.45, 2.75) is 25.2 Å². The molecule has 0 bridgehead atoms. The van der Waals surface area contributed by atoms with Crippen molar-refractivity contribution in [2.24, 2.45) is 0 Å². The number of fused-ring (bicyclic) bond motifs is 1. The average Bonchev–Trinajstić information content (AvgIpc) is 3.22. The van der Waals surface area contributed by atoms with Gasteiger partial charge in [0.25, 0.3) is 5.91 Å². The van der Waals surface area contributed by atoms with E-state index >= 15 is 0 Å². The second-order valence-corrected chi connectivity index (χ2v) is 8.65. The maximum absolute atomic E-state index is 13.7. The second kappa shape index (κ2) is 9.49. The monoisotopic (exact) mass is 555 g/mol. The molecule has 0 aliphatic carbocycles. The summed E-state index contributed by atoms with van der Waals surface area (Å²) in [5, 5.41) is 41.7. The number of nitrogens with one attached hydrogen (secondary N) is 1. The van der Waals surface area contributed by atoms with E-state index < -0.39 is 46.9 Å². The molecule has 1 unspecified atom stereocenters. The number of nitrogens with two attached hydrogens (primary N) is 1. The second-order valence-electron chi connectivity index (χ2n) is 8.26. The maximum atomic E-state index is 13.7. The lowest BCUT2D eigenvalue weighted by molar-refractivity contribution is -0.329. The Morgan fingerprint density at radius 2 is 1.84 bits per heavy atom. The van der Waals surface area contributed by atoms with Crippen LogP contribution in [0, 0.1) is 12.7 Å². The number of hydrogen-bond donors (Lipinski definition) is 6. The average molecular weight is 556 g/mol. The van der Waals surface area contributed by atoms with E-state index in [0.29, 0.717) is 23.3 Å². The summed E-state index contributed by atoms with van der Waals surface area (Å²) in [6.07, 6.45) is -5.90. The summed E-state index contributed by atoms with van der Waals surface area (Å²) in [5.41, 5.74) is 4.94. The predicted octanol–water partition coefficient (Wildman–Crippen LogP) is 2.86. The summed E-state index contributed by atoms with van der Waals surface area (Å²) < 4.78 is 53.6. The number of aromatic nitrogens is 3. The Labute approximate surface area is 215 Å². The Balaban J connectivity index is 1.68. The molecule has 7 N–H and O–H groups in total. The summed E-state index contributed by atoms with van der Waals surface area (Å²) >= 11 is 6.10. The van der Waals surface area contributed by atoms with Gasteiger partial charge in [0.2, 0.25) is 5.82 Å². The maximum Gasteiger partial charge on any atom is 0.416 e. The van der Waals surface area contributed by atoms with Gasteiger partial charge in [0, 0.05) is 11.3 Å². The van der Waals surface area contributed by atoms with Crippen molar-refractivity contribution >= 4 is 34.5 Å². The summed E-state index contributed by atoms with van der Waals surface area (Å²) in [6, 6.07) is 5.52. The lowest BCUT2D eigenvalue weighted by Crippen LogP contribution is -2.27. The third-order valence-electron chi connectivity index (χ3n) is 5.50. The number of halogens is 5. The van der Waals surface area contributed by atoms with E-state index in [4.69, 9.17) is 17.3 Å². The van der Waals surface area contributed by atoms with Crippen molar-refractivity contribution in [1.82, 2.24) is 14.4 Å². The lowest BCUT2D eigenvalue weighted by Gasteiger charge is -2.15. The Morgan fingerprint density at radius 1 is 1.16 bits per heavy atom. The molecule has 38 heavy (non-hydrogen) atoms. The number of carbonyl (C=O) groups excluding carboxylic acids is 1. The number of alkyl halides is 3. The van der Waals surface area contributed by atoms with Gasteiger partial charge in [-0.15, -0.1) is 0 Å². The van der Waals surface area contributed by atoms with E-state index in [2.05, 4.69) is 15.3 Å². The molecule has 0 aliphatic heterocycles. The van der Waals surface area contributed by atoms with Crippen LogP contribution in [0.1, 0.15) is 28.6 Å². The highest BCUT2D eigenvalue weighted by atomic mass is 35.5. The summed E-state index contributed by atoms with van der Waals surface area (Å²) in [5.74, 6) is -6.58. The number of imidazole rings is 1. The molecule has 0 saturated heterocycles. The molecular formula is C23H18ClF4N5O5. The number of aryl methyl sites for hydroxylation is 1. The van der Waals surface area contributed by atoms with Crippen LogP contribution in [-0.4, -0.2) is 40.7 Å². The molecule has 15 heteroatoms. The Bertz CT molecular complexity index is 1570. The van der Waals surface area contributed by atoms with Gasteiger partial charge in [-0.1, -0.05) is 17.7 Å². The molecule has 1 amide bonds. The first kappa shape index (κ1) is 27.2. The molecular weight excluding hydrogens is 538 g/mol. The van der Waals surface area contributed by atoms with Gasteiger partial charge in [-0.25, -0.2) is 14.4 Å². The molecule has 2 aromatic carbocycles. The quantitative estimate of drug-likeness (QED) is 0.161. The Hall–Kier alpha value is -3.82. The van der Waals surface area contributed by atoms with Crippen molar-refractivity contribution in [1.29, 1.82) is 0 Å². The number of nitrogens with zero attached hydrogens (tertiary/aromatic N) is 3. The Kier molecular flexibility index (Phi) is 6.80. The number of hydrogen-bond acceptors (Lipinski definition) is 8. The molecule has 0 aliphatic rings. The number of aliphatic hydroxyl groups excluding tert-OH is 1. The first-order valence-corrected chi connectivity index (χ1v) is 10.9. The van der Waals surface area contributed by atoms with Crippen molar-refractivity contribution in [3.8, 4) is 11.3 Å². The summed E-state index contributed by atoms with van der Waals surface area (Å²) in [4.78, 5) is 20.5. The smallest absolute Gasteiger partial charge is 0.382 e. The van der Waals surface area contributed by atoms with Gasteiger partial charge in [-0.05, 0) is 48.4 Å². The molecule has 2 heterocycles. The summed E-state index contributed by atoms with van der Waals surface area (Å²) in [6.45, 7) is 1.58. The SMILES string of the molecule is Cc1cc(NC(=O)C(O)c2cc(F)cc(C(F)(F)F)c2)ccc1-c1nc(C(O)(O)O)n2c(Cl)cnc(N)c12. The molecule has 0 spiro atoms. The third-order valence-corrected chi connectivity index (χ3v) is 5.77. The first-order valence-electron chi connectivity index (χ1n) is 10.6. The Morgan fingerprint density at radius 3 is 2.45 bits per heavy atom. The minimum absolute atomic E-state index is 0.0379. The standard InChI is InChI=1S/C23H18ClF4N5O5/c1-9-4-13(31-20(35)18(34)10-5-11(22(26,27)28)7-12(25)6-10)2-3-14(9)16-17-19(29)30-8-15(24)33(17)21(32-16)23(36,37)38/h2-8,18,34,36-38H,1H3,(H2,29,30)(H,31,35). The molecule has 0 saturated carbocycles. The van der Waals surface area contributed by atoms with Crippen LogP contribution in [0.15, 0.2) is 42.6 Å². The number of benzene rings is 2. The molecule has 200 valence electrons. The number of rotatable bonds is 5. The van der Waals surface area contributed by atoms with Gasteiger partial charge >= 0.3 is 12.1 Å². The molecule has 4 aromatic rings. The summed E-state index contributed by atoms with van der Waals surface area (Å²) in [7, 11) is 0. The minimum atomic E-state index is -4.89. The molecule has 0 fully saturated rings. The van der Waals surface area contributed by atoms with Crippen molar-refractivity contribution in [2.75, 3.05) is 11.1 Å². The molecule has 2 aromatic heterocycles. The fourth-order valence-corrected chi connectivity index (χ4v) is 4.04. The van der Waals surface area contributed by atoms with E-state index in [9.17, 15) is 42.8 Å². The highest BCUT2D eigenvalue weighted by Gasteiger charge is 2.34. The van der Waals surface area contributed by atoms with E-state index in [1.807, 2.05) is 0 Å². The number of aliphatic hydroxyl groups is 4. The van der Waals surface area contributed by atoms with Gasteiger partial charge in [0.1, 0.15) is 28.0 Å². The lowest BCUT2D eigenvalue weighted by atomic mass is 10.0. The van der Waals surface area contributed by atoms with Crippen LogP contribution < -0.4 is 11.1 Å². The van der Waals surface area contributed by atoms with Crippen LogP contribution in [0.5, 0.6) is 0 Å². The van der Waals surface area contributed by atoms with E-state index in [1.165, 1.54) is 18.2 Å². The fourth-order valence-electron chi connectivity index (χ4n) is 3.82.